The van der Waals surface area contributed by atoms with Gasteiger partial charge in [-0.15, -0.1) is 0 Å². The highest BCUT2D eigenvalue weighted by Crippen LogP contribution is 2.18. The maximum Gasteiger partial charge on any atom is 0.139 e. The third-order valence-electron chi connectivity index (χ3n) is 3.76. The van der Waals surface area contributed by atoms with Gasteiger partial charge in [-0.25, -0.2) is 4.98 Å². The van der Waals surface area contributed by atoms with Gasteiger partial charge in [-0.05, 0) is 25.0 Å². The van der Waals surface area contributed by atoms with Crippen molar-refractivity contribution >= 4 is 5.65 Å². The van der Waals surface area contributed by atoms with E-state index in [0.29, 0.717) is 12.0 Å². The van der Waals surface area contributed by atoms with E-state index in [4.69, 9.17) is 5.11 Å². The summed E-state index contributed by atoms with van der Waals surface area (Å²) >= 11 is 0. The number of aliphatic hydroxyl groups is 1. The van der Waals surface area contributed by atoms with Crippen molar-refractivity contribution in [2.75, 3.05) is 6.61 Å². The van der Waals surface area contributed by atoms with E-state index in [9.17, 15) is 0 Å². The molecule has 0 fully saturated rings. The lowest BCUT2D eigenvalue weighted by Gasteiger charge is -2.12. The fourth-order valence-corrected chi connectivity index (χ4v) is 2.63. The normalized spacial score (nSPS) is 22.4. The number of fused-ring (bicyclic) bond motifs is 1. The van der Waals surface area contributed by atoms with Gasteiger partial charge < -0.3 is 14.8 Å². The molecule has 2 atom stereocenters. The Kier molecular flexibility index (Phi) is 3.36. The molecule has 3 rings (SSSR count). The van der Waals surface area contributed by atoms with Crippen molar-refractivity contribution in [3.63, 3.8) is 0 Å². The zero-order valence-electron chi connectivity index (χ0n) is 11.1. The van der Waals surface area contributed by atoms with E-state index in [-0.39, 0.29) is 6.61 Å². The van der Waals surface area contributed by atoms with Gasteiger partial charge in [-0.3, -0.25) is 0 Å². The molecule has 1 aliphatic carbocycles. The van der Waals surface area contributed by atoms with Crippen LogP contribution in [0.2, 0.25) is 0 Å². The molecule has 0 radical (unpaired) electrons. The molecule has 0 aliphatic heterocycles. The zero-order valence-corrected chi connectivity index (χ0v) is 11.1. The average molecular weight is 257 g/mol. The summed E-state index contributed by atoms with van der Waals surface area (Å²) in [6.45, 7) is 3.10. The van der Waals surface area contributed by atoms with E-state index in [1.165, 1.54) is 11.3 Å². The first kappa shape index (κ1) is 12.4. The summed E-state index contributed by atoms with van der Waals surface area (Å²) in [6.07, 6.45) is 9.20. The molecular formula is C15H19N3O. The number of pyridine rings is 1. The molecule has 2 aromatic rings. The summed E-state index contributed by atoms with van der Waals surface area (Å²) in [7, 11) is 0. The largest absolute Gasteiger partial charge is 0.396 e. The van der Waals surface area contributed by atoms with Crippen molar-refractivity contribution in [2.24, 2.45) is 5.92 Å². The van der Waals surface area contributed by atoms with Crippen LogP contribution < -0.4 is 5.32 Å². The number of aryl methyl sites for hydroxylation is 1. The monoisotopic (exact) mass is 257 g/mol. The van der Waals surface area contributed by atoms with Crippen LogP contribution in [0.3, 0.4) is 0 Å². The highest BCUT2D eigenvalue weighted by Gasteiger charge is 2.17. The molecule has 0 amide bonds. The summed E-state index contributed by atoms with van der Waals surface area (Å²) < 4.78 is 2.13. The Bertz CT molecular complexity index is 602. The van der Waals surface area contributed by atoms with E-state index < -0.39 is 0 Å². The molecule has 2 heterocycles. The number of nitrogens with zero attached hydrogens (tertiary/aromatic N) is 2. The Hall–Kier alpha value is -1.65. The highest BCUT2D eigenvalue weighted by atomic mass is 16.3. The number of nitrogens with one attached hydrogen (secondary N) is 1. The van der Waals surface area contributed by atoms with Gasteiger partial charge in [0, 0.05) is 31.3 Å². The van der Waals surface area contributed by atoms with Crippen molar-refractivity contribution in [1.29, 1.82) is 0 Å². The molecule has 0 saturated carbocycles. The van der Waals surface area contributed by atoms with Crippen molar-refractivity contribution in [3.8, 4) is 0 Å². The van der Waals surface area contributed by atoms with Gasteiger partial charge in [-0.2, -0.15) is 0 Å². The van der Waals surface area contributed by atoms with Gasteiger partial charge in [0.1, 0.15) is 5.65 Å². The second-order valence-corrected chi connectivity index (χ2v) is 5.18. The predicted molar refractivity (Wildman–Crippen MR) is 74.9 cm³/mol. The predicted octanol–water partition coefficient (Wildman–Crippen LogP) is 1.67. The van der Waals surface area contributed by atoms with Gasteiger partial charge in [0.15, 0.2) is 0 Å². The first-order valence-electron chi connectivity index (χ1n) is 6.72. The summed E-state index contributed by atoms with van der Waals surface area (Å²) in [6, 6.07) is 4.48. The summed E-state index contributed by atoms with van der Waals surface area (Å²) in [4.78, 5) is 4.46. The number of aliphatic hydroxyl groups excluding tert-OH is 1. The average Bonchev–Trinajstić information content (AvgIpc) is 3.03. The van der Waals surface area contributed by atoms with E-state index in [0.717, 1.165) is 18.6 Å². The molecule has 0 saturated heterocycles. The van der Waals surface area contributed by atoms with Crippen molar-refractivity contribution < 1.29 is 5.11 Å². The van der Waals surface area contributed by atoms with E-state index >= 15 is 0 Å². The lowest BCUT2D eigenvalue weighted by Crippen LogP contribution is -2.26. The third-order valence-corrected chi connectivity index (χ3v) is 3.76. The highest BCUT2D eigenvalue weighted by molar-refractivity contribution is 5.48. The molecular weight excluding hydrogens is 238 g/mol. The van der Waals surface area contributed by atoms with Crippen LogP contribution in [0.15, 0.2) is 36.7 Å². The number of hydrogen-bond acceptors (Lipinski definition) is 3. The Morgan fingerprint density at radius 3 is 3.16 bits per heavy atom. The van der Waals surface area contributed by atoms with Crippen molar-refractivity contribution in [1.82, 2.24) is 14.7 Å². The number of imidazole rings is 1. The number of aromatic nitrogens is 2. The molecule has 4 nitrogen and oxygen atoms in total. The fraction of sp³-hybridized carbons (Fsp3) is 0.400. The Balaban J connectivity index is 1.70. The van der Waals surface area contributed by atoms with E-state index in [2.05, 4.69) is 39.8 Å². The van der Waals surface area contributed by atoms with E-state index in [1.807, 2.05) is 18.5 Å². The van der Waals surface area contributed by atoms with Crippen LogP contribution in [-0.2, 0) is 6.54 Å². The second-order valence-electron chi connectivity index (χ2n) is 5.18. The van der Waals surface area contributed by atoms with Crippen LogP contribution in [0, 0.1) is 12.8 Å². The minimum absolute atomic E-state index is 0.240. The molecule has 100 valence electrons. The van der Waals surface area contributed by atoms with Gasteiger partial charge >= 0.3 is 0 Å². The van der Waals surface area contributed by atoms with Crippen molar-refractivity contribution in [2.45, 2.75) is 25.9 Å². The zero-order chi connectivity index (χ0) is 13.2. The topological polar surface area (TPSA) is 49.6 Å². The van der Waals surface area contributed by atoms with Gasteiger partial charge in [0.25, 0.3) is 0 Å². The molecule has 0 aromatic carbocycles. The number of hydrogen-bond donors (Lipinski definition) is 2. The van der Waals surface area contributed by atoms with Crippen LogP contribution in [0.25, 0.3) is 5.65 Å². The van der Waals surface area contributed by atoms with Crippen LogP contribution in [-0.4, -0.2) is 27.1 Å². The summed E-state index contributed by atoms with van der Waals surface area (Å²) in [5.74, 6) is 0.307. The molecule has 0 unspecified atom stereocenters. The Labute approximate surface area is 112 Å². The molecule has 2 N–H and O–H groups in total. The van der Waals surface area contributed by atoms with Gasteiger partial charge in [-0.1, -0.05) is 18.2 Å². The maximum absolute atomic E-state index is 9.11. The quantitative estimate of drug-likeness (QED) is 0.819. The Morgan fingerprint density at radius 1 is 1.47 bits per heavy atom. The van der Waals surface area contributed by atoms with Gasteiger partial charge in [0.05, 0.1) is 11.9 Å². The molecule has 2 aromatic heterocycles. The van der Waals surface area contributed by atoms with Crippen LogP contribution in [0.1, 0.15) is 17.7 Å². The van der Waals surface area contributed by atoms with Crippen LogP contribution >= 0.6 is 0 Å². The number of rotatable bonds is 4. The third kappa shape index (κ3) is 2.41. The molecule has 0 spiro atoms. The molecule has 19 heavy (non-hydrogen) atoms. The molecule has 4 heteroatoms. The smallest absolute Gasteiger partial charge is 0.139 e. The first-order chi connectivity index (χ1) is 9.28. The van der Waals surface area contributed by atoms with Crippen LogP contribution in [0.5, 0.6) is 0 Å². The van der Waals surface area contributed by atoms with Crippen molar-refractivity contribution in [3.05, 3.63) is 47.9 Å². The standard InChI is InChI=1S/C15H19N3O/c1-11-3-2-6-18-14(9-17-15(11)18)8-16-13-5-4-12(7-13)10-19/h2-6,9,12-13,16,19H,7-8,10H2,1H3/t12-,13+/m0/s1. The molecule has 1 aliphatic rings. The Morgan fingerprint density at radius 2 is 2.37 bits per heavy atom. The lowest BCUT2D eigenvalue weighted by atomic mass is 10.1. The summed E-state index contributed by atoms with van der Waals surface area (Å²) in [5, 5.41) is 12.6. The van der Waals surface area contributed by atoms with Crippen LogP contribution in [0.4, 0.5) is 0 Å². The maximum atomic E-state index is 9.11. The first-order valence-corrected chi connectivity index (χ1v) is 6.72. The minimum atomic E-state index is 0.240. The second kappa shape index (κ2) is 5.15. The summed E-state index contributed by atoms with van der Waals surface area (Å²) in [5.41, 5.74) is 3.38. The SMILES string of the molecule is Cc1cccn2c(CN[C@@H]3C=C[C@H](CO)C3)cnc12. The van der Waals surface area contributed by atoms with E-state index in [1.54, 1.807) is 0 Å². The molecule has 0 bridgehead atoms. The van der Waals surface area contributed by atoms with Gasteiger partial charge in [0.2, 0.25) is 0 Å². The minimum Gasteiger partial charge on any atom is -0.396 e. The fourth-order valence-electron chi connectivity index (χ4n) is 2.63. The lowest BCUT2D eigenvalue weighted by molar-refractivity contribution is 0.246.